The average Bonchev–Trinajstić information content (AvgIpc) is 2.80. The summed E-state index contributed by atoms with van der Waals surface area (Å²) in [5.41, 5.74) is 3.32. The zero-order chi connectivity index (χ0) is 26.6. The molecule has 3 rings (SSSR count). The standard InChI is InChI=1S/C29H40ClNO4S/c1-22-20-26(31-17-15-29(33,16-18-31)24-10-12-25(30)13-11-24)14-9-23(22)21-27(32)8-6-5-7-19-36(34,35)28(2,3)4/h9-14,20,33H,5-8,15-19,21H2,1-4H3. The number of Topliss-reactive ketones (excluding diaryl/α,β-unsaturated/α-hetero) is 1. The molecule has 1 aliphatic heterocycles. The Hall–Kier alpha value is -1.89. The predicted octanol–water partition coefficient (Wildman–Crippen LogP) is 6.02. The van der Waals surface area contributed by atoms with Gasteiger partial charge in [-0.15, -0.1) is 0 Å². The summed E-state index contributed by atoms with van der Waals surface area (Å²) in [6.45, 7) is 8.73. The lowest BCUT2D eigenvalue weighted by Gasteiger charge is -2.40. The van der Waals surface area contributed by atoms with Crippen LogP contribution in [0.5, 0.6) is 0 Å². The Bertz CT molecular complexity index is 1140. The van der Waals surface area contributed by atoms with Crippen molar-refractivity contribution >= 4 is 32.9 Å². The lowest BCUT2D eigenvalue weighted by atomic mass is 9.84. The van der Waals surface area contributed by atoms with Gasteiger partial charge in [0.2, 0.25) is 0 Å². The van der Waals surface area contributed by atoms with Crippen molar-refractivity contribution in [3.05, 3.63) is 64.2 Å². The first kappa shape index (κ1) is 28.7. The van der Waals surface area contributed by atoms with E-state index in [1.807, 2.05) is 37.3 Å². The van der Waals surface area contributed by atoms with Crippen molar-refractivity contribution in [3.8, 4) is 0 Å². The van der Waals surface area contributed by atoms with Crippen LogP contribution in [0.2, 0.25) is 5.02 Å². The molecule has 0 saturated carbocycles. The number of hydrogen-bond acceptors (Lipinski definition) is 5. The minimum absolute atomic E-state index is 0.179. The number of aliphatic hydroxyl groups is 1. The number of carbonyl (C=O) groups excluding carboxylic acids is 1. The average molecular weight is 534 g/mol. The zero-order valence-corrected chi connectivity index (χ0v) is 23.6. The molecule has 0 unspecified atom stereocenters. The quantitative estimate of drug-likeness (QED) is 0.378. The summed E-state index contributed by atoms with van der Waals surface area (Å²) in [5, 5.41) is 11.8. The van der Waals surface area contributed by atoms with E-state index >= 15 is 0 Å². The number of unbranched alkanes of at least 4 members (excludes halogenated alkanes) is 2. The van der Waals surface area contributed by atoms with Crippen LogP contribution < -0.4 is 4.90 Å². The van der Waals surface area contributed by atoms with E-state index < -0.39 is 20.2 Å². The van der Waals surface area contributed by atoms with Gasteiger partial charge in [0.25, 0.3) is 0 Å². The molecular weight excluding hydrogens is 494 g/mol. The molecule has 0 amide bonds. The Kier molecular flexibility index (Phi) is 9.29. The smallest absolute Gasteiger partial charge is 0.155 e. The predicted molar refractivity (Wildman–Crippen MR) is 149 cm³/mol. The summed E-state index contributed by atoms with van der Waals surface area (Å²) in [6.07, 6.45) is 4.24. The minimum Gasteiger partial charge on any atom is -0.385 e. The lowest BCUT2D eigenvalue weighted by molar-refractivity contribution is -0.118. The SMILES string of the molecule is Cc1cc(N2CCC(O)(c3ccc(Cl)cc3)CC2)ccc1CC(=O)CCCCCS(=O)(=O)C(C)(C)C. The second kappa shape index (κ2) is 11.7. The molecule has 0 aromatic heterocycles. The number of nitrogens with zero attached hydrogens (tertiary/aromatic N) is 1. The molecule has 7 heteroatoms. The van der Waals surface area contributed by atoms with Crippen LogP contribution in [-0.2, 0) is 26.7 Å². The van der Waals surface area contributed by atoms with E-state index in [9.17, 15) is 18.3 Å². The third-order valence-electron chi connectivity index (χ3n) is 7.35. The molecule has 2 aromatic rings. The van der Waals surface area contributed by atoms with Gasteiger partial charge in [-0.05, 0) is 94.3 Å². The van der Waals surface area contributed by atoms with Crippen molar-refractivity contribution in [2.75, 3.05) is 23.7 Å². The number of hydrogen-bond donors (Lipinski definition) is 1. The Morgan fingerprint density at radius 2 is 1.67 bits per heavy atom. The molecular formula is C29H40ClNO4S. The maximum atomic E-state index is 12.5. The summed E-state index contributed by atoms with van der Waals surface area (Å²) in [6, 6.07) is 13.7. The molecule has 0 radical (unpaired) electrons. The third-order valence-corrected chi connectivity index (χ3v) is 10.3. The molecule has 1 fully saturated rings. The molecule has 2 aromatic carbocycles. The monoisotopic (exact) mass is 533 g/mol. The topological polar surface area (TPSA) is 74.7 Å². The maximum absolute atomic E-state index is 12.5. The highest BCUT2D eigenvalue weighted by molar-refractivity contribution is 7.92. The number of anilines is 1. The molecule has 1 N–H and O–H groups in total. The van der Waals surface area contributed by atoms with Gasteiger partial charge in [-0.2, -0.15) is 0 Å². The first-order chi connectivity index (χ1) is 16.8. The van der Waals surface area contributed by atoms with Crippen LogP contribution in [0.4, 0.5) is 5.69 Å². The Morgan fingerprint density at radius 3 is 2.25 bits per heavy atom. The van der Waals surface area contributed by atoms with Gasteiger partial charge in [0.05, 0.1) is 16.1 Å². The van der Waals surface area contributed by atoms with E-state index in [1.165, 1.54) is 0 Å². The van der Waals surface area contributed by atoms with Gasteiger partial charge in [0.15, 0.2) is 9.84 Å². The van der Waals surface area contributed by atoms with Crippen molar-refractivity contribution in [2.45, 2.75) is 83.0 Å². The first-order valence-corrected chi connectivity index (χ1v) is 14.9. The number of benzene rings is 2. The lowest BCUT2D eigenvalue weighted by Crippen LogP contribution is -2.42. The molecule has 1 saturated heterocycles. The van der Waals surface area contributed by atoms with E-state index in [0.717, 1.165) is 48.3 Å². The van der Waals surface area contributed by atoms with Crippen molar-refractivity contribution in [1.29, 1.82) is 0 Å². The number of halogens is 1. The van der Waals surface area contributed by atoms with Crippen LogP contribution in [0.25, 0.3) is 0 Å². The Balaban J connectivity index is 1.47. The molecule has 0 bridgehead atoms. The van der Waals surface area contributed by atoms with Gasteiger partial charge in [-0.1, -0.05) is 36.2 Å². The summed E-state index contributed by atoms with van der Waals surface area (Å²) in [5.74, 6) is 0.370. The van der Waals surface area contributed by atoms with Crippen molar-refractivity contribution in [1.82, 2.24) is 0 Å². The first-order valence-electron chi connectivity index (χ1n) is 12.9. The molecule has 1 aliphatic rings. The van der Waals surface area contributed by atoms with Crippen LogP contribution >= 0.6 is 11.6 Å². The molecule has 198 valence electrons. The fourth-order valence-electron chi connectivity index (χ4n) is 4.66. The normalized spacial score (nSPS) is 16.2. The van der Waals surface area contributed by atoms with Crippen LogP contribution in [0.15, 0.2) is 42.5 Å². The van der Waals surface area contributed by atoms with Crippen LogP contribution in [0.1, 0.15) is 76.0 Å². The third kappa shape index (κ3) is 7.33. The molecule has 1 heterocycles. The van der Waals surface area contributed by atoms with Gasteiger partial charge in [-0.3, -0.25) is 4.79 Å². The van der Waals surface area contributed by atoms with Crippen LogP contribution in [-0.4, -0.2) is 42.9 Å². The molecule has 36 heavy (non-hydrogen) atoms. The van der Waals surface area contributed by atoms with E-state index in [1.54, 1.807) is 20.8 Å². The van der Waals surface area contributed by atoms with Crippen molar-refractivity contribution < 1.29 is 18.3 Å². The summed E-state index contributed by atoms with van der Waals surface area (Å²) in [7, 11) is -3.10. The van der Waals surface area contributed by atoms with Crippen LogP contribution in [0.3, 0.4) is 0 Å². The number of carbonyl (C=O) groups is 1. The van der Waals surface area contributed by atoms with Crippen LogP contribution in [0, 0.1) is 6.92 Å². The van der Waals surface area contributed by atoms with Gasteiger partial charge >= 0.3 is 0 Å². The number of rotatable bonds is 10. The van der Waals surface area contributed by atoms with E-state index in [2.05, 4.69) is 17.0 Å². The fraction of sp³-hybridized carbons (Fsp3) is 0.552. The second-order valence-corrected chi connectivity index (χ2v) is 14.4. The largest absolute Gasteiger partial charge is 0.385 e. The minimum atomic E-state index is -3.10. The summed E-state index contributed by atoms with van der Waals surface area (Å²) < 4.78 is 23.7. The highest BCUT2D eigenvalue weighted by Crippen LogP contribution is 2.35. The molecule has 5 nitrogen and oxygen atoms in total. The number of aryl methyl sites for hydroxylation is 1. The van der Waals surface area contributed by atoms with Crippen molar-refractivity contribution in [3.63, 3.8) is 0 Å². The van der Waals surface area contributed by atoms with E-state index in [-0.39, 0.29) is 11.5 Å². The number of piperidine rings is 1. The van der Waals surface area contributed by atoms with Gasteiger partial charge in [0.1, 0.15) is 5.78 Å². The van der Waals surface area contributed by atoms with Gasteiger partial charge < -0.3 is 10.0 Å². The second-order valence-electron chi connectivity index (χ2n) is 11.1. The Labute approximate surface area is 221 Å². The zero-order valence-electron chi connectivity index (χ0n) is 22.0. The highest BCUT2D eigenvalue weighted by atomic mass is 35.5. The van der Waals surface area contributed by atoms with E-state index in [4.69, 9.17) is 11.6 Å². The molecule has 0 aliphatic carbocycles. The number of sulfone groups is 1. The maximum Gasteiger partial charge on any atom is 0.155 e. The highest BCUT2D eigenvalue weighted by Gasteiger charge is 2.34. The molecule has 0 spiro atoms. The van der Waals surface area contributed by atoms with Gasteiger partial charge in [-0.25, -0.2) is 8.42 Å². The van der Waals surface area contributed by atoms with E-state index in [0.29, 0.717) is 37.1 Å². The summed E-state index contributed by atoms with van der Waals surface area (Å²) >= 11 is 5.99. The summed E-state index contributed by atoms with van der Waals surface area (Å²) in [4.78, 5) is 14.8. The molecule has 0 atom stereocenters. The fourth-order valence-corrected chi connectivity index (χ4v) is 5.98. The Morgan fingerprint density at radius 1 is 1.03 bits per heavy atom. The van der Waals surface area contributed by atoms with Gasteiger partial charge in [0, 0.05) is 36.6 Å². The number of ketones is 1. The van der Waals surface area contributed by atoms with Crippen molar-refractivity contribution in [2.24, 2.45) is 0 Å².